The molecule has 0 radical (unpaired) electrons. The van der Waals surface area contributed by atoms with E-state index in [1.165, 1.54) is 27.7 Å². The monoisotopic (exact) mass is 646 g/mol. The normalized spacial score (nSPS) is 32.7. The number of hydrogen-bond donors (Lipinski definition) is 5. The molecule has 6 heterocycles. The Kier molecular flexibility index (Phi) is 9.16. The first-order valence-corrected chi connectivity index (χ1v) is 16.6. The van der Waals surface area contributed by atoms with Crippen LogP contribution in [0.5, 0.6) is 0 Å². The summed E-state index contributed by atoms with van der Waals surface area (Å²) in [5.41, 5.74) is 5.60. The first-order valence-electron chi connectivity index (χ1n) is 15.7. The molecule has 4 saturated heterocycles. The number of carboxylic acid groups (broad SMARTS) is 1. The van der Waals surface area contributed by atoms with Crippen LogP contribution in [0, 0.1) is 17.8 Å². The number of nitrogens with two attached hydrogens (primary N) is 1. The van der Waals surface area contributed by atoms with Crippen molar-refractivity contribution < 1.29 is 29.4 Å². The number of carboxylic acids is 1. The van der Waals surface area contributed by atoms with Crippen molar-refractivity contribution in [2.24, 2.45) is 23.5 Å². The van der Waals surface area contributed by atoms with Crippen LogP contribution in [0.1, 0.15) is 33.1 Å². The molecule has 9 atom stereocenters. The molecule has 1 aromatic rings. The van der Waals surface area contributed by atoms with Gasteiger partial charge in [-0.3, -0.25) is 14.4 Å². The van der Waals surface area contributed by atoms with E-state index in [0.29, 0.717) is 36.9 Å². The predicted octanol–water partition coefficient (Wildman–Crippen LogP) is -2.34. The van der Waals surface area contributed by atoms with Crippen molar-refractivity contribution in [3.63, 3.8) is 0 Å². The van der Waals surface area contributed by atoms with E-state index < -0.39 is 24.0 Å². The minimum Gasteiger partial charge on any atom is -0.477 e. The molecule has 45 heavy (non-hydrogen) atoms. The maximum atomic E-state index is 13.7. The topological polar surface area (TPSA) is 212 Å². The van der Waals surface area contributed by atoms with Gasteiger partial charge in [-0.15, -0.1) is 16.9 Å². The third-order valence-corrected chi connectivity index (χ3v) is 11.6. The molecule has 1 aromatic heterocycles. The van der Waals surface area contributed by atoms with E-state index in [4.69, 9.17) is 5.73 Å². The molecule has 246 valence electrons. The third kappa shape index (κ3) is 6.07. The Labute approximate surface area is 265 Å². The summed E-state index contributed by atoms with van der Waals surface area (Å²) in [6, 6.07) is -1.04. The predicted molar refractivity (Wildman–Crippen MR) is 161 cm³/mol. The van der Waals surface area contributed by atoms with Crippen LogP contribution in [0.15, 0.2) is 16.9 Å². The number of β-amino-alcohol motifs (C(OH)–C–C–N with tert-alkyl or cyclic N) is 1. The molecular formula is C28H42N10O6S. The second-order valence-corrected chi connectivity index (χ2v) is 14.3. The largest absolute Gasteiger partial charge is 0.477 e. The number of hydrogen-bond acceptors (Lipinski definition) is 12. The quantitative estimate of drug-likeness (QED) is 0.160. The molecule has 6 N–H and O–H groups in total. The first kappa shape index (κ1) is 31.8. The summed E-state index contributed by atoms with van der Waals surface area (Å²) in [6.07, 6.45) is 3.16. The van der Waals surface area contributed by atoms with Crippen molar-refractivity contribution in [3.05, 3.63) is 16.9 Å². The van der Waals surface area contributed by atoms with Crippen molar-refractivity contribution in [2.45, 2.75) is 75.2 Å². The maximum absolute atomic E-state index is 13.7. The molecule has 0 spiro atoms. The highest BCUT2D eigenvalue weighted by atomic mass is 32.2. The molecule has 5 aliphatic rings. The van der Waals surface area contributed by atoms with Crippen LogP contribution in [0.3, 0.4) is 0 Å². The van der Waals surface area contributed by atoms with Crippen LogP contribution in [-0.4, -0.2) is 144 Å². The number of β-lactam (4-membered cyclic amide) rings is 1. The summed E-state index contributed by atoms with van der Waals surface area (Å²) in [4.78, 5) is 58.2. The van der Waals surface area contributed by atoms with Gasteiger partial charge in [0.15, 0.2) is 0 Å². The Bertz CT molecular complexity index is 1340. The molecule has 0 saturated carbocycles. The second-order valence-electron chi connectivity index (χ2n) is 12.9. The van der Waals surface area contributed by atoms with Crippen molar-refractivity contribution in [2.75, 3.05) is 39.3 Å². The SMILES string of the molecule is C[C@@H](NC(=O)Cn1cnnn1)[C@H]1C(=O)N2C(C(=O)O)=C(S[C@@H]3CN[C@H](C(=O)N4CCC5CN(CC(O)CN)CCC54)C3)[C@H](C)[C@H]12. The Morgan fingerprint density at radius 2 is 2.07 bits per heavy atom. The zero-order chi connectivity index (χ0) is 32.0. The number of rotatable bonds is 11. The van der Waals surface area contributed by atoms with Gasteiger partial charge in [0.05, 0.1) is 24.1 Å². The van der Waals surface area contributed by atoms with E-state index in [0.717, 1.165) is 25.9 Å². The van der Waals surface area contributed by atoms with Gasteiger partial charge in [-0.05, 0) is 42.5 Å². The van der Waals surface area contributed by atoms with Gasteiger partial charge < -0.3 is 41.3 Å². The van der Waals surface area contributed by atoms with Crippen LogP contribution in [0.25, 0.3) is 0 Å². The van der Waals surface area contributed by atoms with Gasteiger partial charge >= 0.3 is 5.97 Å². The minimum absolute atomic E-state index is 0.00893. The van der Waals surface area contributed by atoms with E-state index in [1.807, 2.05) is 11.8 Å². The molecule has 6 rings (SSSR count). The lowest BCUT2D eigenvalue weighted by Gasteiger charge is -2.47. The maximum Gasteiger partial charge on any atom is 0.353 e. The number of nitrogens with one attached hydrogen (secondary N) is 2. The highest BCUT2D eigenvalue weighted by Crippen LogP contribution is 2.52. The second kappa shape index (κ2) is 12.9. The van der Waals surface area contributed by atoms with Crippen LogP contribution in [0.4, 0.5) is 0 Å². The minimum atomic E-state index is -1.15. The van der Waals surface area contributed by atoms with Crippen molar-refractivity contribution in [3.8, 4) is 0 Å². The fraction of sp³-hybridized carbons (Fsp3) is 0.750. The first-order chi connectivity index (χ1) is 21.6. The molecule has 4 fully saturated rings. The molecule has 0 bridgehead atoms. The average molecular weight is 647 g/mol. The van der Waals surface area contributed by atoms with Crippen LogP contribution in [-0.2, 0) is 25.7 Å². The molecule has 5 aliphatic heterocycles. The molecule has 17 heteroatoms. The summed E-state index contributed by atoms with van der Waals surface area (Å²) in [6.45, 7) is 7.34. The van der Waals surface area contributed by atoms with Crippen LogP contribution < -0.4 is 16.4 Å². The summed E-state index contributed by atoms with van der Waals surface area (Å²) in [5.74, 6) is -2.14. The van der Waals surface area contributed by atoms with Gasteiger partial charge in [0.2, 0.25) is 17.7 Å². The highest BCUT2D eigenvalue weighted by molar-refractivity contribution is 8.03. The number of carbonyl (C=O) groups excluding carboxylic acids is 3. The number of carbonyl (C=O) groups is 4. The fourth-order valence-electron chi connectivity index (χ4n) is 7.92. The number of aromatic nitrogens is 4. The zero-order valence-corrected chi connectivity index (χ0v) is 26.3. The lowest BCUT2D eigenvalue weighted by molar-refractivity contribution is -0.158. The number of piperidine rings is 1. The number of nitrogens with zero attached hydrogens (tertiary/aromatic N) is 7. The van der Waals surface area contributed by atoms with Gasteiger partial charge in [-0.2, -0.15) is 0 Å². The summed E-state index contributed by atoms with van der Waals surface area (Å²) < 4.78 is 1.28. The van der Waals surface area contributed by atoms with E-state index in [1.54, 1.807) is 6.92 Å². The van der Waals surface area contributed by atoms with E-state index in [2.05, 4.69) is 31.1 Å². The number of amides is 3. The van der Waals surface area contributed by atoms with Crippen molar-refractivity contribution in [1.82, 2.24) is 45.5 Å². The number of aliphatic hydroxyl groups is 1. The lowest BCUT2D eigenvalue weighted by Crippen LogP contribution is -2.66. The Morgan fingerprint density at radius 3 is 2.78 bits per heavy atom. The van der Waals surface area contributed by atoms with Gasteiger partial charge in [0.25, 0.3) is 0 Å². The Morgan fingerprint density at radius 1 is 1.27 bits per heavy atom. The molecule has 0 aliphatic carbocycles. The van der Waals surface area contributed by atoms with Gasteiger partial charge in [-0.1, -0.05) is 6.92 Å². The van der Waals surface area contributed by atoms with Gasteiger partial charge in [0, 0.05) is 67.4 Å². The number of aliphatic hydroxyl groups excluding tert-OH is 1. The highest BCUT2D eigenvalue weighted by Gasteiger charge is 2.60. The summed E-state index contributed by atoms with van der Waals surface area (Å²) >= 11 is 1.45. The number of tetrazole rings is 1. The van der Waals surface area contributed by atoms with Crippen molar-refractivity contribution in [1.29, 1.82) is 0 Å². The standard InChI is InChI=1S/C28H42N10O6S/c1-14-23-22(15(2)32-21(40)12-36-13-31-33-34-36)27(42)38(23)24(28(43)44)25(14)45-18-7-19(30-9-18)26(41)37-6-3-16-10-35(5-4-20(16)37)11-17(39)8-29/h13-20,22-23,30,39H,3-12,29H2,1-2H3,(H,32,40)(H,43,44)/t14-,15-,16?,17?,18+,19+,20?,22-,23-/m1/s1. The third-order valence-electron chi connectivity index (χ3n) is 10.0. The molecule has 3 amide bonds. The molecular weight excluding hydrogens is 604 g/mol. The summed E-state index contributed by atoms with van der Waals surface area (Å²) in [7, 11) is 0. The van der Waals surface area contributed by atoms with E-state index >= 15 is 0 Å². The van der Waals surface area contributed by atoms with Gasteiger partial charge in [0.1, 0.15) is 18.6 Å². The van der Waals surface area contributed by atoms with E-state index in [-0.39, 0.29) is 65.8 Å². The average Bonchev–Trinajstić information content (AvgIpc) is 3.80. The fourth-order valence-corrected chi connectivity index (χ4v) is 9.40. The van der Waals surface area contributed by atoms with Crippen molar-refractivity contribution >= 4 is 35.5 Å². The summed E-state index contributed by atoms with van der Waals surface area (Å²) in [5, 5.41) is 37.0. The Balaban J connectivity index is 1.05. The number of fused-ring (bicyclic) bond motifs is 2. The van der Waals surface area contributed by atoms with Crippen LogP contribution >= 0.6 is 11.8 Å². The Hall–Kier alpha value is -3.12. The number of thioether (sulfide) groups is 1. The zero-order valence-electron chi connectivity index (χ0n) is 25.5. The molecule has 16 nitrogen and oxygen atoms in total. The molecule has 0 aromatic carbocycles. The lowest BCUT2D eigenvalue weighted by atomic mass is 9.78. The number of likely N-dealkylation sites (tertiary alicyclic amines) is 2. The van der Waals surface area contributed by atoms with Gasteiger partial charge in [-0.25, -0.2) is 9.48 Å². The number of aliphatic carboxylic acids is 1. The van der Waals surface area contributed by atoms with E-state index in [9.17, 15) is 29.4 Å². The van der Waals surface area contributed by atoms with Crippen LogP contribution in [0.2, 0.25) is 0 Å². The smallest absolute Gasteiger partial charge is 0.353 e. The molecule has 3 unspecified atom stereocenters.